The Morgan fingerprint density at radius 2 is 1.78 bits per heavy atom. The number of nitrogens with zero attached hydrogens (tertiary/aromatic N) is 1. The maximum atomic E-state index is 11.4. The summed E-state index contributed by atoms with van der Waals surface area (Å²) in [5, 5.41) is 11.3. The van der Waals surface area contributed by atoms with Crippen LogP contribution < -0.4 is 0 Å². The van der Waals surface area contributed by atoms with E-state index in [2.05, 4.69) is 15.9 Å². The van der Waals surface area contributed by atoms with E-state index in [-0.39, 0.29) is 11.5 Å². The number of aryl methyl sites for hydroxylation is 1. The molecular weight excluding hydrogens is 298 g/mol. The summed E-state index contributed by atoms with van der Waals surface area (Å²) in [6.45, 7) is 0. The van der Waals surface area contributed by atoms with E-state index in [0.29, 0.717) is 12.8 Å². The molecule has 0 spiro atoms. The molecule has 0 saturated carbocycles. The number of carbonyl (C=O) groups is 1. The highest BCUT2D eigenvalue weighted by Gasteiger charge is 2.05. The summed E-state index contributed by atoms with van der Waals surface area (Å²) >= 11 is 3.29. The second kappa shape index (κ2) is 7.97. The Morgan fingerprint density at radius 1 is 1.17 bits per heavy atom. The fourth-order valence-electron chi connectivity index (χ4n) is 1.66. The molecule has 1 aromatic carbocycles. The van der Waals surface area contributed by atoms with Crippen LogP contribution in [-0.2, 0) is 11.2 Å². The average Bonchev–Trinajstić information content (AvgIpc) is 2.37. The zero-order valence-electron chi connectivity index (χ0n) is 10.1. The molecule has 0 amide bonds. The van der Waals surface area contributed by atoms with Crippen LogP contribution in [0.4, 0.5) is 5.69 Å². The minimum absolute atomic E-state index is 0.104. The van der Waals surface area contributed by atoms with Gasteiger partial charge in [-0.1, -0.05) is 28.1 Å². The first kappa shape index (κ1) is 14.8. The summed E-state index contributed by atoms with van der Waals surface area (Å²) in [4.78, 5) is 21.5. The number of halogens is 1. The fourth-order valence-corrected chi connectivity index (χ4v) is 1.94. The van der Waals surface area contributed by atoms with E-state index in [4.69, 9.17) is 0 Å². The summed E-state index contributed by atoms with van der Waals surface area (Å²) in [6, 6.07) is 6.51. The number of non-ortho nitro benzene ring substituents is 1. The van der Waals surface area contributed by atoms with Gasteiger partial charge in [0, 0.05) is 30.3 Å². The Kier molecular flexibility index (Phi) is 6.57. The molecule has 5 heteroatoms. The molecule has 0 aliphatic carbocycles. The molecule has 1 rings (SSSR count). The Balaban J connectivity index is 2.31. The zero-order valence-corrected chi connectivity index (χ0v) is 11.7. The second-order valence-electron chi connectivity index (χ2n) is 4.11. The number of benzene rings is 1. The third-order valence-corrected chi connectivity index (χ3v) is 3.22. The first-order chi connectivity index (χ1) is 8.63. The Bertz CT molecular complexity index is 403. The maximum Gasteiger partial charge on any atom is 0.269 e. The van der Waals surface area contributed by atoms with Gasteiger partial charge < -0.3 is 0 Å². The zero-order chi connectivity index (χ0) is 13.4. The van der Waals surface area contributed by atoms with Gasteiger partial charge >= 0.3 is 0 Å². The van der Waals surface area contributed by atoms with Crippen LogP contribution in [0.2, 0.25) is 0 Å². The lowest BCUT2D eigenvalue weighted by Gasteiger charge is -2.01. The number of hydrogen-bond acceptors (Lipinski definition) is 3. The monoisotopic (exact) mass is 313 g/mol. The number of nitro benzene ring substituents is 1. The van der Waals surface area contributed by atoms with Crippen molar-refractivity contribution in [2.75, 3.05) is 5.33 Å². The fraction of sp³-hybridized carbons (Fsp3) is 0.462. The van der Waals surface area contributed by atoms with Gasteiger partial charge in [-0.3, -0.25) is 14.9 Å². The van der Waals surface area contributed by atoms with Crippen LogP contribution in [0.25, 0.3) is 0 Å². The average molecular weight is 314 g/mol. The standard InChI is InChI=1S/C13H16BrNO3/c14-10-2-5-13(16)4-1-3-11-6-8-12(9-7-11)15(17)18/h6-9H,1-5,10H2. The van der Waals surface area contributed by atoms with Crippen molar-refractivity contribution in [1.82, 2.24) is 0 Å². The van der Waals surface area contributed by atoms with E-state index in [1.165, 1.54) is 12.1 Å². The Hall–Kier alpha value is -1.23. The Morgan fingerprint density at radius 3 is 2.33 bits per heavy atom. The van der Waals surface area contributed by atoms with Gasteiger partial charge in [0.2, 0.25) is 0 Å². The quantitative estimate of drug-likeness (QED) is 0.418. The molecule has 0 aromatic heterocycles. The van der Waals surface area contributed by atoms with Gasteiger partial charge in [-0.25, -0.2) is 0 Å². The topological polar surface area (TPSA) is 60.2 Å². The summed E-state index contributed by atoms with van der Waals surface area (Å²) in [5.74, 6) is 0.288. The second-order valence-corrected chi connectivity index (χ2v) is 4.90. The largest absolute Gasteiger partial charge is 0.300 e. The molecule has 0 aliphatic rings. The first-order valence-corrected chi connectivity index (χ1v) is 7.06. The van der Waals surface area contributed by atoms with Crippen LogP contribution in [0.1, 0.15) is 31.2 Å². The molecule has 4 nitrogen and oxygen atoms in total. The third-order valence-electron chi connectivity index (χ3n) is 2.66. The van der Waals surface area contributed by atoms with E-state index in [1.807, 2.05) is 0 Å². The first-order valence-electron chi connectivity index (χ1n) is 5.94. The summed E-state index contributed by atoms with van der Waals surface area (Å²) in [5.41, 5.74) is 1.14. The molecule has 0 bridgehead atoms. The molecule has 0 unspecified atom stereocenters. The molecule has 0 atom stereocenters. The van der Waals surface area contributed by atoms with Crippen LogP contribution in [-0.4, -0.2) is 16.0 Å². The number of Topliss-reactive ketones (excluding diaryl/α,β-unsaturated/α-hetero) is 1. The molecule has 0 aliphatic heterocycles. The Labute approximate surface area is 115 Å². The predicted octanol–water partition coefficient (Wildman–Crippen LogP) is 3.66. The van der Waals surface area contributed by atoms with Crippen molar-refractivity contribution in [1.29, 1.82) is 0 Å². The van der Waals surface area contributed by atoms with Gasteiger partial charge in [0.1, 0.15) is 5.78 Å². The van der Waals surface area contributed by atoms with Crippen molar-refractivity contribution in [2.45, 2.75) is 32.1 Å². The smallest absolute Gasteiger partial charge is 0.269 e. The summed E-state index contributed by atoms with van der Waals surface area (Å²) in [7, 11) is 0. The van der Waals surface area contributed by atoms with E-state index in [1.54, 1.807) is 12.1 Å². The molecule has 0 radical (unpaired) electrons. The minimum atomic E-state index is -0.409. The van der Waals surface area contributed by atoms with Crippen molar-refractivity contribution in [3.05, 3.63) is 39.9 Å². The number of alkyl halides is 1. The van der Waals surface area contributed by atoms with Crippen LogP contribution >= 0.6 is 15.9 Å². The van der Waals surface area contributed by atoms with Crippen molar-refractivity contribution in [2.24, 2.45) is 0 Å². The van der Waals surface area contributed by atoms with Crippen molar-refractivity contribution in [3.8, 4) is 0 Å². The number of carbonyl (C=O) groups excluding carboxylic acids is 1. The van der Waals surface area contributed by atoms with Gasteiger partial charge in [-0.05, 0) is 24.8 Å². The van der Waals surface area contributed by atoms with Gasteiger partial charge in [-0.2, -0.15) is 0 Å². The lowest BCUT2D eigenvalue weighted by atomic mass is 10.0. The highest BCUT2D eigenvalue weighted by atomic mass is 79.9. The molecule has 0 heterocycles. The summed E-state index contributed by atoms with van der Waals surface area (Å²) < 4.78 is 0. The molecule has 0 fully saturated rings. The number of rotatable bonds is 8. The van der Waals surface area contributed by atoms with Crippen LogP contribution in [0, 0.1) is 10.1 Å². The molecule has 98 valence electrons. The minimum Gasteiger partial charge on any atom is -0.300 e. The highest BCUT2D eigenvalue weighted by molar-refractivity contribution is 9.09. The van der Waals surface area contributed by atoms with E-state index >= 15 is 0 Å². The van der Waals surface area contributed by atoms with Crippen molar-refractivity contribution in [3.63, 3.8) is 0 Å². The molecule has 0 N–H and O–H groups in total. The molecule has 0 saturated heterocycles. The predicted molar refractivity (Wildman–Crippen MR) is 74.1 cm³/mol. The van der Waals surface area contributed by atoms with E-state index in [9.17, 15) is 14.9 Å². The molecule has 1 aromatic rings. The normalized spacial score (nSPS) is 10.3. The van der Waals surface area contributed by atoms with Gasteiger partial charge in [0.05, 0.1) is 4.92 Å². The maximum absolute atomic E-state index is 11.4. The number of hydrogen-bond donors (Lipinski definition) is 0. The SMILES string of the molecule is O=C(CCCBr)CCCc1ccc([N+](=O)[O-])cc1. The highest BCUT2D eigenvalue weighted by Crippen LogP contribution is 2.14. The van der Waals surface area contributed by atoms with Crippen molar-refractivity contribution < 1.29 is 9.72 Å². The molecule has 18 heavy (non-hydrogen) atoms. The van der Waals surface area contributed by atoms with Gasteiger partial charge in [0.25, 0.3) is 5.69 Å². The van der Waals surface area contributed by atoms with Gasteiger partial charge in [-0.15, -0.1) is 0 Å². The van der Waals surface area contributed by atoms with Crippen LogP contribution in [0.5, 0.6) is 0 Å². The van der Waals surface area contributed by atoms with E-state index < -0.39 is 4.92 Å². The lowest BCUT2D eigenvalue weighted by molar-refractivity contribution is -0.384. The third kappa shape index (κ3) is 5.40. The van der Waals surface area contributed by atoms with Crippen LogP contribution in [0.3, 0.4) is 0 Å². The van der Waals surface area contributed by atoms with Crippen molar-refractivity contribution >= 4 is 27.4 Å². The van der Waals surface area contributed by atoms with E-state index in [0.717, 1.165) is 30.2 Å². The molecular formula is C13H16BrNO3. The van der Waals surface area contributed by atoms with Gasteiger partial charge in [0.15, 0.2) is 0 Å². The number of ketones is 1. The summed E-state index contributed by atoms with van der Waals surface area (Å²) in [6.07, 6.45) is 3.70. The number of nitro groups is 1. The van der Waals surface area contributed by atoms with Crippen LogP contribution in [0.15, 0.2) is 24.3 Å². The lowest BCUT2D eigenvalue weighted by Crippen LogP contribution is -1.99.